The maximum absolute atomic E-state index is 11.5. The second-order valence-corrected chi connectivity index (χ2v) is 7.00. The van der Waals surface area contributed by atoms with Gasteiger partial charge >= 0.3 is 0 Å². The second-order valence-electron chi connectivity index (χ2n) is 5.55. The highest BCUT2D eigenvalue weighted by Crippen LogP contribution is 2.22. The van der Waals surface area contributed by atoms with Crippen LogP contribution in [-0.2, 0) is 22.0 Å². The quantitative estimate of drug-likeness (QED) is 0.873. The van der Waals surface area contributed by atoms with E-state index in [0.29, 0.717) is 18.2 Å². The number of hydrogen-bond donors (Lipinski definition) is 1. The molecule has 0 aromatic carbocycles. The van der Waals surface area contributed by atoms with Crippen LogP contribution in [0.15, 0.2) is 5.16 Å². The third-order valence-electron chi connectivity index (χ3n) is 2.22. The van der Waals surface area contributed by atoms with Crippen LogP contribution >= 0.6 is 0 Å². The lowest BCUT2D eigenvalue weighted by Gasteiger charge is -2.24. The topological polar surface area (TPSA) is 90.9 Å². The highest BCUT2D eigenvalue weighted by Gasteiger charge is 2.28. The van der Waals surface area contributed by atoms with E-state index >= 15 is 0 Å². The smallest absolute Gasteiger partial charge is 0.273 e. The van der Waals surface area contributed by atoms with Gasteiger partial charge in [-0.05, 0) is 26.7 Å². The van der Waals surface area contributed by atoms with Crippen molar-refractivity contribution in [2.75, 3.05) is 0 Å². The van der Waals surface area contributed by atoms with Gasteiger partial charge in [0.05, 0.1) is 0 Å². The molecule has 17 heavy (non-hydrogen) atoms. The van der Waals surface area contributed by atoms with Gasteiger partial charge in [-0.3, -0.25) is 4.57 Å². The summed E-state index contributed by atoms with van der Waals surface area (Å²) in [5.74, 6) is 1.02. The zero-order valence-corrected chi connectivity index (χ0v) is 11.7. The Labute approximate surface area is 102 Å². The summed E-state index contributed by atoms with van der Waals surface area (Å²) in [6.45, 7) is 9.77. The van der Waals surface area contributed by atoms with Crippen molar-refractivity contribution in [3.05, 3.63) is 5.82 Å². The van der Waals surface area contributed by atoms with Gasteiger partial charge < -0.3 is 0 Å². The Morgan fingerprint density at radius 1 is 1.29 bits per heavy atom. The molecule has 2 N–H and O–H groups in total. The lowest BCUT2D eigenvalue weighted by atomic mass is 10.1. The van der Waals surface area contributed by atoms with Gasteiger partial charge in [0.15, 0.2) is 0 Å². The predicted molar refractivity (Wildman–Crippen MR) is 64.9 cm³/mol. The molecule has 1 heterocycles. The summed E-state index contributed by atoms with van der Waals surface area (Å²) in [6, 6.07) is 0. The number of aromatic nitrogens is 3. The summed E-state index contributed by atoms with van der Waals surface area (Å²) in [5.41, 5.74) is -0.421. The summed E-state index contributed by atoms with van der Waals surface area (Å²) >= 11 is 0. The van der Waals surface area contributed by atoms with Gasteiger partial charge in [0, 0.05) is 12.0 Å². The van der Waals surface area contributed by atoms with Crippen molar-refractivity contribution >= 4 is 10.0 Å². The Balaban J connectivity index is 3.42. The van der Waals surface area contributed by atoms with Crippen molar-refractivity contribution in [2.45, 2.75) is 51.7 Å². The van der Waals surface area contributed by atoms with Crippen LogP contribution in [0.2, 0.25) is 0 Å². The van der Waals surface area contributed by atoms with Crippen LogP contribution in [0, 0.1) is 5.92 Å². The average molecular weight is 260 g/mol. The van der Waals surface area contributed by atoms with Gasteiger partial charge in [0.1, 0.15) is 5.82 Å². The molecule has 1 rings (SSSR count). The molecule has 1 aromatic heterocycles. The second kappa shape index (κ2) is 4.38. The molecule has 0 saturated carbocycles. The molecule has 0 aliphatic carbocycles. The number of sulfonamides is 1. The minimum atomic E-state index is -3.84. The Bertz CT molecular complexity index is 497. The van der Waals surface area contributed by atoms with E-state index in [-0.39, 0.29) is 5.16 Å². The van der Waals surface area contributed by atoms with Gasteiger partial charge in [0.25, 0.3) is 15.2 Å². The first-order valence-corrected chi connectivity index (χ1v) is 7.05. The van der Waals surface area contributed by atoms with E-state index in [1.165, 1.54) is 0 Å². The van der Waals surface area contributed by atoms with Gasteiger partial charge in [-0.15, -0.1) is 10.2 Å². The van der Waals surface area contributed by atoms with E-state index in [4.69, 9.17) is 5.14 Å². The third-order valence-corrected chi connectivity index (χ3v) is 2.99. The average Bonchev–Trinajstić information content (AvgIpc) is 2.44. The van der Waals surface area contributed by atoms with Gasteiger partial charge in [-0.25, -0.2) is 13.6 Å². The molecule has 1 aromatic rings. The highest BCUT2D eigenvalue weighted by molar-refractivity contribution is 7.89. The Hall–Kier alpha value is -0.950. The first-order valence-electron chi connectivity index (χ1n) is 5.51. The summed E-state index contributed by atoms with van der Waals surface area (Å²) in [4.78, 5) is 0. The predicted octanol–water partition coefficient (Wildman–Crippen LogP) is 0.879. The van der Waals surface area contributed by atoms with Crippen LogP contribution in [0.5, 0.6) is 0 Å². The zero-order chi connectivity index (χ0) is 13.4. The van der Waals surface area contributed by atoms with Crippen LogP contribution in [-0.4, -0.2) is 23.2 Å². The van der Waals surface area contributed by atoms with Crippen LogP contribution in [0.1, 0.15) is 40.4 Å². The Morgan fingerprint density at radius 2 is 1.82 bits per heavy atom. The molecule has 0 unspecified atom stereocenters. The normalized spacial score (nSPS) is 13.4. The molecule has 98 valence electrons. The molecule has 0 bridgehead atoms. The summed E-state index contributed by atoms with van der Waals surface area (Å²) in [7, 11) is -3.84. The maximum Gasteiger partial charge on any atom is 0.273 e. The molecule has 0 amide bonds. The van der Waals surface area contributed by atoms with Crippen LogP contribution in [0.4, 0.5) is 0 Å². The van der Waals surface area contributed by atoms with E-state index in [2.05, 4.69) is 10.2 Å². The number of primary sulfonamides is 1. The van der Waals surface area contributed by atoms with E-state index in [9.17, 15) is 8.42 Å². The zero-order valence-electron chi connectivity index (χ0n) is 10.9. The standard InChI is InChI=1S/C10H20N4O2S/c1-7(2)6-8-12-13-9(17(11,15)16)14(8)10(3,4)5/h7H,6H2,1-5H3,(H2,11,15,16). The Kier molecular flexibility index (Phi) is 3.63. The lowest BCUT2D eigenvalue weighted by Crippen LogP contribution is -2.30. The molecule has 0 spiro atoms. The van der Waals surface area contributed by atoms with E-state index in [1.54, 1.807) is 4.57 Å². The van der Waals surface area contributed by atoms with Gasteiger partial charge in [-0.2, -0.15) is 0 Å². The van der Waals surface area contributed by atoms with Crippen molar-refractivity contribution in [3.8, 4) is 0 Å². The summed E-state index contributed by atoms with van der Waals surface area (Å²) < 4.78 is 24.5. The monoisotopic (exact) mass is 260 g/mol. The fraction of sp³-hybridized carbons (Fsp3) is 0.800. The summed E-state index contributed by atoms with van der Waals surface area (Å²) in [6.07, 6.45) is 0.666. The first-order chi connectivity index (χ1) is 7.53. The molecule has 0 aliphatic rings. The molecule has 6 nitrogen and oxygen atoms in total. The number of nitrogens with zero attached hydrogens (tertiary/aromatic N) is 3. The first kappa shape index (κ1) is 14.1. The van der Waals surface area contributed by atoms with Crippen molar-refractivity contribution < 1.29 is 8.42 Å². The molecule has 0 aliphatic heterocycles. The van der Waals surface area contributed by atoms with Crippen LogP contribution < -0.4 is 5.14 Å². The van der Waals surface area contributed by atoms with Gasteiger partial charge in [0.2, 0.25) is 0 Å². The molecule has 0 radical (unpaired) electrons. The fourth-order valence-corrected chi connectivity index (χ4v) is 2.44. The molecule has 0 fully saturated rings. The fourth-order valence-electron chi connectivity index (χ4n) is 1.66. The van der Waals surface area contributed by atoms with E-state index < -0.39 is 15.6 Å². The van der Waals surface area contributed by atoms with Crippen LogP contribution in [0.25, 0.3) is 0 Å². The molecular formula is C10H20N4O2S. The lowest BCUT2D eigenvalue weighted by molar-refractivity contribution is 0.344. The molecule has 0 atom stereocenters. The molecule has 7 heteroatoms. The number of hydrogen-bond acceptors (Lipinski definition) is 4. The van der Waals surface area contributed by atoms with E-state index in [1.807, 2.05) is 34.6 Å². The van der Waals surface area contributed by atoms with Crippen molar-refractivity contribution in [1.82, 2.24) is 14.8 Å². The Morgan fingerprint density at radius 3 is 2.18 bits per heavy atom. The van der Waals surface area contributed by atoms with Crippen molar-refractivity contribution in [2.24, 2.45) is 11.1 Å². The largest absolute Gasteiger partial charge is 0.295 e. The minimum absolute atomic E-state index is 0.166. The summed E-state index contributed by atoms with van der Waals surface area (Å²) in [5, 5.41) is 12.6. The van der Waals surface area contributed by atoms with Crippen LogP contribution in [0.3, 0.4) is 0 Å². The number of rotatable bonds is 3. The molecule has 0 saturated heterocycles. The minimum Gasteiger partial charge on any atom is -0.295 e. The SMILES string of the molecule is CC(C)Cc1nnc(S(N)(=O)=O)n1C(C)(C)C. The van der Waals surface area contributed by atoms with Gasteiger partial charge in [-0.1, -0.05) is 13.8 Å². The third kappa shape index (κ3) is 3.26. The number of nitrogens with two attached hydrogens (primary N) is 1. The molecular weight excluding hydrogens is 240 g/mol. The van der Waals surface area contributed by atoms with E-state index in [0.717, 1.165) is 0 Å². The maximum atomic E-state index is 11.5. The van der Waals surface area contributed by atoms with Crippen molar-refractivity contribution in [3.63, 3.8) is 0 Å². The van der Waals surface area contributed by atoms with Crippen molar-refractivity contribution in [1.29, 1.82) is 0 Å². The highest BCUT2D eigenvalue weighted by atomic mass is 32.2.